The van der Waals surface area contributed by atoms with Gasteiger partial charge in [0, 0.05) is 0 Å². The molecular formula is C16H20F2. The Morgan fingerprint density at radius 3 is 2.72 bits per heavy atom. The zero-order chi connectivity index (χ0) is 13.0. The number of rotatable bonds is 5. The molecule has 0 nitrogen and oxygen atoms in total. The molecule has 0 bridgehead atoms. The highest BCUT2D eigenvalue weighted by molar-refractivity contribution is 5.38. The van der Waals surface area contributed by atoms with Gasteiger partial charge in [0.25, 0.3) is 0 Å². The summed E-state index contributed by atoms with van der Waals surface area (Å²) < 4.78 is 26.7. The molecule has 1 aliphatic rings. The van der Waals surface area contributed by atoms with E-state index in [1.165, 1.54) is 37.3 Å². The van der Waals surface area contributed by atoms with Crippen molar-refractivity contribution < 1.29 is 8.78 Å². The minimum absolute atomic E-state index is 0.544. The monoisotopic (exact) mass is 250 g/mol. The molecule has 0 fully saturated rings. The SMILES string of the molecule is CCCCCCC1=CCc2c(ccc(F)c2F)C1. The van der Waals surface area contributed by atoms with Crippen molar-refractivity contribution in [2.45, 2.75) is 51.9 Å². The lowest BCUT2D eigenvalue weighted by molar-refractivity contribution is 0.498. The summed E-state index contributed by atoms with van der Waals surface area (Å²) in [4.78, 5) is 0. The fourth-order valence-electron chi connectivity index (χ4n) is 2.55. The summed E-state index contributed by atoms with van der Waals surface area (Å²) in [5.41, 5.74) is 2.89. The molecule has 0 aromatic heterocycles. The molecule has 1 aromatic rings. The maximum absolute atomic E-state index is 13.6. The number of fused-ring (bicyclic) bond motifs is 1. The molecule has 18 heavy (non-hydrogen) atoms. The molecule has 0 saturated heterocycles. The first-order valence-corrected chi connectivity index (χ1v) is 6.86. The second kappa shape index (κ2) is 6.12. The van der Waals surface area contributed by atoms with Crippen LogP contribution in [0.3, 0.4) is 0 Å². The van der Waals surface area contributed by atoms with Gasteiger partial charge in [0.05, 0.1) is 0 Å². The summed E-state index contributed by atoms with van der Waals surface area (Å²) in [6.45, 7) is 2.20. The van der Waals surface area contributed by atoms with Crippen LogP contribution in [0.25, 0.3) is 0 Å². The van der Waals surface area contributed by atoms with Gasteiger partial charge in [0.15, 0.2) is 11.6 Å². The van der Waals surface area contributed by atoms with E-state index in [-0.39, 0.29) is 0 Å². The van der Waals surface area contributed by atoms with Crippen LogP contribution in [0.5, 0.6) is 0 Å². The molecular weight excluding hydrogens is 230 g/mol. The molecule has 0 spiro atoms. The summed E-state index contributed by atoms with van der Waals surface area (Å²) in [5, 5.41) is 0. The number of benzene rings is 1. The van der Waals surface area contributed by atoms with Crippen LogP contribution in [-0.2, 0) is 12.8 Å². The Labute approximate surface area is 108 Å². The second-order valence-electron chi connectivity index (χ2n) is 5.05. The molecule has 0 aliphatic heterocycles. The topological polar surface area (TPSA) is 0 Å². The Balaban J connectivity index is 1.97. The molecule has 0 saturated carbocycles. The smallest absolute Gasteiger partial charge is 0.162 e. The number of halogens is 2. The van der Waals surface area contributed by atoms with Gasteiger partial charge in [-0.2, -0.15) is 0 Å². The van der Waals surface area contributed by atoms with E-state index >= 15 is 0 Å². The van der Waals surface area contributed by atoms with E-state index < -0.39 is 11.6 Å². The van der Waals surface area contributed by atoms with Gasteiger partial charge in [-0.25, -0.2) is 8.78 Å². The van der Waals surface area contributed by atoms with Crippen LogP contribution >= 0.6 is 0 Å². The average molecular weight is 250 g/mol. The maximum atomic E-state index is 13.6. The predicted octanol–water partition coefficient (Wildman–Crippen LogP) is 4.96. The van der Waals surface area contributed by atoms with Crippen molar-refractivity contribution in [3.05, 3.63) is 46.5 Å². The van der Waals surface area contributed by atoms with Crippen molar-refractivity contribution in [2.75, 3.05) is 0 Å². The molecule has 0 N–H and O–H groups in total. The third-order valence-corrected chi connectivity index (χ3v) is 3.66. The first-order valence-electron chi connectivity index (χ1n) is 6.86. The fraction of sp³-hybridized carbons (Fsp3) is 0.500. The molecule has 1 aliphatic carbocycles. The van der Waals surface area contributed by atoms with Gasteiger partial charge in [-0.3, -0.25) is 0 Å². The summed E-state index contributed by atoms with van der Waals surface area (Å²) in [6, 6.07) is 2.97. The van der Waals surface area contributed by atoms with E-state index in [9.17, 15) is 8.78 Å². The molecule has 0 heterocycles. The molecule has 0 amide bonds. The van der Waals surface area contributed by atoms with Crippen LogP contribution in [0.15, 0.2) is 23.8 Å². The molecule has 0 atom stereocenters. The van der Waals surface area contributed by atoms with Gasteiger partial charge in [-0.05, 0) is 42.9 Å². The van der Waals surface area contributed by atoms with E-state index in [4.69, 9.17) is 0 Å². The second-order valence-corrected chi connectivity index (χ2v) is 5.05. The van der Waals surface area contributed by atoms with Crippen LogP contribution in [0.2, 0.25) is 0 Å². The Hall–Kier alpha value is -1.18. The van der Waals surface area contributed by atoms with Crippen LogP contribution in [0.4, 0.5) is 8.78 Å². The Bertz CT molecular complexity index is 447. The summed E-state index contributed by atoms with van der Waals surface area (Å²) in [5.74, 6) is -1.39. The third kappa shape index (κ3) is 2.98. The maximum Gasteiger partial charge on any atom is 0.162 e. The van der Waals surface area contributed by atoms with Crippen LogP contribution in [-0.4, -0.2) is 0 Å². The van der Waals surface area contributed by atoms with E-state index in [2.05, 4.69) is 13.0 Å². The van der Waals surface area contributed by atoms with Gasteiger partial charge in [0.1, 0.15) is 0 Å². The number of hydrogen-bond donors (Lipinski definition) is 0. The van der Waals surface area contributed by atoms with E-state index in [1.54, 1.807) is 6.07 Å². The first-order chi connectivity index (χ1) is 8.72. The van der Waals surface area contributed by atoms with E-state index in [0.717, 1.165) is 18.4 Å². The number of allylic oxidation sites excluding steroid dienone is 2. The average Bonchev–Trinajstić information content (AvgIpc) is 2.39. The molecule has 98 valence electrons. The van der Waals surface area contributed by atoms with Crippen molar-refractivity contribution >= 4 is 0 Å². The lowest BCUT2D eigenvalue weighted by Gasteiger charge is -2.18. The van der Waals surface area contributed by atoms with Gasteiger partial charge >= 0.3 is 0 Å². The highest BCUT2D eigenvalue weighted by atomic mass is 19.2. The molecule has 2 heteroatoms. The van der Waals surface area contributed by atoms with Crippen molar-refractivity contribution in [1.29, 1.82) is 0 Å². The Morgan fingerprint density at radius 1 is 1.11 bits per heavy atom. The highest BCUT2D eigenvalue weighted by Crippen LogP contribution is 2.27. The predicted molar refractivity (Wildman–Crippen MR) is 70.6 cm³/mol. The van der Waals surface area contributed by atoms with Crippen LogP contribution in [0.1, 0.15) is 50.2 Å². The number of hydrogen-bond acceptors (Lipinski definition) is 0. The van der Waals surface area contributed by atoms with Crippen LogP contribution < -0.4 is 0 Å². The molecule has 0 unspecified atom stereocenters. The minimum Gasteiger partial charge on any atom is -0.204 e. The van der Waals surface area contributed by atoms with Gasteiger partial charge in [-0.15, -0.1) is 0 Å². The van der Waals surface area contributed by atoms with Crippen LogP contribution in [0, 0.1) is 11.6 Å². The van der Waals surface area contributed by atoms with Crippen molar-refractivity contribution in [2.24, 2.45) is 0 Å². The molecule has 2 rings (SSSR count). The number of unbranched alkanes of at least 4 members (excludes halogenated alkanes) is 3. The Kier molecular flexibility index (Phi) is 4.51. The van der Waals surface area contributed by atoms with E-state index in [0.29, 0.717) is 12.0 Å². The van der Waals surface area contributed by atoms with E-state index in [1.807, 2.05) is 0 Å². The quantitative estimate of drug-likeness (QED) is 0.512. The summed E-state index contributed by atoms with van der Waals surface area (Å²) in [6.07, 6.45) is 9.50. The first kappa shape index (κ1) is 13.3. The summed E-state index contributed by atoms with van der Waals surface area (Å²) in [7, 11) is 0. The lowest BCUT2D eigenvalue weighted by Crippen LogP contribution is -2.07. The standard InChI is InChI=1S/C16H20F2/c1-2-3-4-5-6-12-7-9-14-13(11-12)8-10-15(17)16(14)18/h7-8,10H,2-6,9,11H2,1H3. The van der Waals surface area contributed by atoms with Gasteiger partial charge < -0.3 is 0 Å². The largest absolute Gasteiger partial charge is 0.204 e. The summed E-state index contributed by atoms with van der Waals surface area (Å²) >= 11 is 0. The highest BCUT2D eigenvalue weighted by Gasteiger charge is 2.17. The fourth-order valence-corrected chi connectivity index (χ4v) is 2.55. The van der Waals surface area contributed by atoms with Crippen molar-refractivity contribution in [3.63, 3.8) is 0 Å². The lowest BCUT2D eigenvalue weighted by atomic mass is 9.88. The van der Waals surface area contributed by atoms with Crippen molar-refractivity contribution in [1.82, 2.24) is 0 Å². The van der Waals surface area contributed by atoms with Crippen molar-refractivity contribution in [3.8, 4) is 0 Å². The zero-order valence-electron chi connectivity index (χ0n) is 10.9. The minimum atomic E-state index is -0.728. The zero-order valence-corrected chi connectivity index (χ0v) is 10.9. The molecule has 0 radical (unpaired) electrons. The Morgan fingerprint density at radius 2 is 1.94 bits per heavy atom. The normalized spacial score (nSPS) is 14.3. The third-order valence-electron chi connectivity index (χ3n) is 3.66. The molecule has 1 aromatic carbocycles. The van der Waals surface area contributed by atoms with Gasteiger partial charge in [-0.1, -0.05) is 43.9 Å². The van der Waals surface area contributed by atoms with Gasteiger partial charge in [0.2, 0.25) is 0 Å².